The smallest absolute Gasteiger partial charge is 0.150 e. The summed E-state index contributed by atoms with van der Waals surface area (Å²) in [7, 11) is 0. The highest BCUT2D eigenvalue weighted by Crippen LogP contribution is 2.24. The maximum absolute atomic E-state index is 6.07. The zero-order valence-corrected chi connectivity index (χ0v) is 14.5. The number of ether oxygens (including phenoxy) is 1. The van der Waals surface area contributed by atoms with Crippen molar-refractivity contribution >= 4 is 29.1 Å². The molecule has 3 rings (SSSR count). The van der Waals surface area contributed by atoms with E-state index in [4.69, 9.17) is 22.1 Å². The number of nitrogens with two attached hydrogens (primary N) is 1. The molecule has 0 aromatic carbocycles. The number of rotatable bonds is 4. The maximum atomic E-state index is 6.07. The Hall–Kier alpha value is -2.12. The fourth-order valence-corrected chi connectivity index (χ4v) is 2.93. The van der Waals surface area contributed by atoms with E-state index in [1.807, 2.05) is 18.3 Å². The van der Waals surface area contributed by atoms with Crippen LogP contribution in [0.25, 0.3) is 0 Å². The number of anilines is 3. The summed E-state index contributed by atoms with van der Waals surface area (Å²) in [4.78, 5) is 14.7. The maximum Gasteiger partial charge on any atom is 0.150 e. The number of morpholine rings is 1. The van der Waals surface area contributed by atoms with Crippen LogP contribution in [0.3, 0.4) is 0 Å². The molecule has 1 saturated heterocycles. The Kier molecular flexibility index (Phi) is 5.01. The first kappa shape index (κ1) is 16.7. The van der Waals surface area contributed by atoms with Gasteiger partial charge in [-0.15, -0.1) is 0 Å². The lowest BCUT2D eigenvalue weighted by Crippen LogP contribution is -2.45. The van der Waals surface area contributed by atoms with Gasteiger partial charge in [0.25, 0.3) is 0 Å². The van der Waals surface area contributed by atoms with E-state index < -0.39 is 0 Å². The number of halogens is 1. The number of hydrogen-bond acceptors (Lipinski definition) is 7. The van der Waals surface area contributed by atoms with Crippen molar-refractivity contribution in [3.8, 4) is 0 Å². The Labute approximate surface area is 146 Å². The predicted molar refractivity (Wildman–Crippen MR) is 95.2 cm³/mol. The van der Waals surface area contributed by atoms with E-state index in [9.17, 15) is 0 Å². The molecule has 0 amide bonds. The van der Waals surface area contributed by atoms with Crippen LogP contribution in [0.15, 0.2) is 24.7 Å². The van der Waals surface area contributed by atoms with E-state index in [-0.39, 0.29) is 18.0 Å². The molecule has 0 bridgehead atoms. The van der Waals surface area contributed by atoms with Gasteiger partial charge in [0.1, 0.15) is 23.0 Å². The highest BCUT2D eigenvalue weighted by atomic mass is 35.5. The SMILES string of the molecule is C[C@@H]1CN(c2ccc(CNc3ncnc(N)c3Cl)cn2)C[C@H](C)O1. The summed E-state index contributed by atoms with van der Waals surface area (Å²) in [6, 6.07) is 4.07. The number of nitrogen functional groups attached to an aromatic ring is 1. The van der Waals surface area contributed by atoms with E-state index in [2.05, 4.69) is 39.0 Å². The summed E-state index contributed by atoms with van der Waals surface area (Å²) in [6.07, 6.45) is 3.65. The third kappa shape index (κ3) is 3.85. The summed E-state index contributed by atoms with van der Waals surface area (Å²) < 4.78 is 5.76. The van der Waals surface area contributed by atoms with Crippen molar-refractivity contribution in [2.24, 2.45) is 0 Å². The van der Waals surface area contributed by atoms with Gasteiger partial charge in [-0.3, -0.25) is 0 Å². The molecule has 1 fully saturated rings. The van der Waals surface area contributed by atoms with E-state index in [1.54, 1.807) is 0 Å². The molecule has 0 saturated carbocycles. The molecule has 1 aliphatic rings. The van der Waals surface area contributed by atoms with E-state index >= 15 is 0 Å². The summed E-state index contributed by atoms with van der Waals surface area (Å²) in [5, 5.41) is 3.48. The third-order valence-electron chi connectivity index (χ3n) is 3.83. The highest BCUT2D eigenvalue weighted by molar-refractivity contribution is 6.35. The van der Waals surface area contributed by atoms with Crippen LogP contribution in [0.5, 0.6) is 0 Å². The van der Waals surface area contributed by atoms with Gasteiger partial charge in [-0.25, -0.2) is 15.0 Å². The second kappa shape index (κ2) is 7.19. The third-order valence-corrected chi connectivity index (χ3v) is 4.20. The molecule has 0 spiro atoms. The number of aromatic nitrogens is 3. The molecule has 0 unspecified atom stereocenters. The molecule has 3 N–H and O–H groups in total. The second-order valence-corrected chi connectivity index (χ2v) is 6.34. The molecule has 2 aromatic heterocycles. The van der Waals surface area contributed by atoms with Crippen LogP contribution < -0.4 is 16.0 Å². The van der Waals surface area contributed by atoms with Gasteiger partial charge in [-0.05, 0) is 25.5 Å². The standard InChI is InChI=1S/C16H21ClN6O/c1-10-7-23(8-11(2)24-10)13-4-3-12(5-19-13)6-20-16-14(17)15(18)21-9-22-16/h3-5,9-11H,6-8H2,1-2H3,(H3,18,20,21,22)/t10-,11+. The summed E-state index contributed by atoms with van der Waals surface area (Å²) in [5.74, 6) is 1.74. The van der Waals surface area contributed by atoms with Gasteiger partial charge in [0, 0.05) is 25.8 Å². The predicted octanol–water partition coefficient (Wildman–Crippen LogP) is 2.33. The Balaban J connectivity index is 1.63. The fraction of sp³-hybridized carbons (Fsp3) is 0.438. The topological polar surface area (TPSA) is 89.2 Å². The van der Waals surface area contributed by atoms with Gasteiger partial charge >= 0.3 is 0 Å². The minimum absolute atomic E-state index is 0.210. The van der Waals surface area contributed by atoms with Crippen molar-refractivity contribution in [2.45, 2.75) is 32.6 Å². The van der Waals surface area contributed by atoms with Gasteiger partial charge in [0.05, 0.1) is 12.2 Å². The van der Waals surface area contributed by atoms with Crippen LogP contribution in [0.1, 0.15) is 19.4 Å². The molecule has 128 valence electrons. The Bertz CT molecular complexity index is 685. The number of pyridine rings is 1. The lowest BCUT2D eigenvalue weighted by molar-refractivity contribution is -0.00545. The molecule has 2 atom stereocenters. The molecule has 2 aromatic rings. The fourth-order valence-electron chi connectivity index (χ4n) is 2.77. The molecule has 7 nitrogen and oxygen atoms in total. The van der Waals surface area contributed by atoms with Gasteiger partial charge < -0.3 is 20.7 Å². The van der Waals surface area contributed by atoms with Gasteiger partial charge in [-0.2, -0.15) is 0 Å². The Morgan fingerprint density at radius 2 is 2.00 bits per heavy atom. The second-order valence-electron chi connectivity index (χ2n) is 5.96. The van der Waals surface area contributed by atoms with Gasteiger partial charge in [-0.1, -0.05) is 17.7 Å². The average Bonchev–Trinajstić information content (AvgIpc) is 2.56. The molecule has 24 heavy (non-hydrogen) atoms. The summed E-state index contributed by atoms with van der Waals surface area (Å²) in [5.41, 5.74) is 6.69. The number of hydrogen-bond donors (Lipinski definition) is 2. The first-order valence-corrected chi connectivity index (χ1v) is 8.26. The Morgan fingerprint density at radius 3 is 2.67 bits per heavy atom. The first-order chi connectivity index (χ1) is 11.5. The van der Waals surface area contributed by atoms with E-state index in [0.29, 0.717) is 17.4 Å². The quantitative estimate of drug-likeness (QED) is 0.876. The van der Waals surface area contributed by atoms with Crippen LogP contribution in [-0.4, -0.2) is 40.2 Å². The number of nitrogens with one attached hydrogen (secondary N) is 1. The normalized spacial score (nSPS) is 20.9. The van der Waals surface area contributed by atoms with Crippen molar-refractivity contribution in [2.75, 3.05) is 29.0 Å². The monoisotopic (exact) mass is 348 g/mol. The summed E-state index contributed by atoms with van der Waals surface area (Å²) >= 11 is 6.07. The van der Waals surface area contributed by atoms with Crippen LogP contribution in [0.2, 0.25) is 5.02 Å². The minimum atomic E-state index is 0.210. The lowest BCUT2D eigenvalue weighted by atomic mass is 10.2. The average molecular weight is 349 g/mol. The summed E-state index contributed by atoms with van der Waals surface area (Å²) in [6.45, 7) is 6.42. The van der Waals surface area contributed by atoms with Crippen molar-refractivity contribution in [1.82, 2.24) is 15.0 Å². The molecule has 8 heteroatoms. The minimum Gasteiger partial charge on any atom is -0.382 e. The van der Waals surface area contributed by atoms with Gasteiger partial charge in [0.2, 0.25) is 0 Å². The van der Waals surface area contributed by atoms with E-state index in [1.165, 1.54) is 6.33 Å². The van der Waals surface area contributed by atoms with Gasteiger partial charge in [0.15, 0.2) is 5.82 Å². The van der Waals surface area contributed by atoms with Crippen LogP contribution in [0.4, 0.5) is 17.5 Å². The van der Waals surface area contributed by atoms with Crippen molar-refractivity contribution in [1.29, 1.82) is 0 Å². The zero-order chi connectivity index (χ0) is 17.1. The van der Waals surface area contributed by atoms with Crippen molar-refractivity contribution in [3.63, 3.8) is 0 Å². The van der Waals surface area contributed by atoms with E-state index in [0.717, 1.165) is 24.5 Å². The van der Waals surface area contributed by atoms with Crippen LogP contribution >= 0.6 is 11.6 Å². The lowest BCUT2D eigenvalue weighted by Gasteiger charge is -2.36. The van der Waals surface area contributed by atoms with Crippen molar-refractivity contribution in [3.05, 3.63) is 35.2 Å². The number of nitrogens with zero attached hydrogens (tertiary/aromatic N) is 4. The molecule has 0 radical (unpaired) electrons. The van der Waals surface area contributed by atoms with Crippen molar-refractivity contribution < 1.29 is 4.74 Å². The first-order valence-electron chi connectivity index (χ1n) is 7.88. The highest BCUT2D eigenvalue weighted by Gasteiger charge is 2.22. The molecular weight excluding hydrogens is 328 g/mol. The molecular formula is C16H21ClN6O. The Morgan fingerprint density at radius 1 is 1.25 bits per heavy atom. The van der Waals surface area contributed by atoms with Crippen LogP contribution in [-0.2, 0) is 11.3 Å². The largest absolute Gasteiger partial charge is 0.382 e. The zero-order valence-electron chi connectivity index (χ0n) is 13.7. The molecule has 3 heterocycles. The molecule has 0 aliphatic carbocycles. The molecule has 1 aliphatic heterocycles. The van der Waals surface area contributed by atoms with Crippen LogP contribution in [0, 0.1) is 0 Å².